The minimum atomic E-state index is -0.591. The number of carbonyl (C=O) groups excluding carboxylic acids is 2. The first-order chi connectivity index (χ1) is 11.0. The number of nitrogens with one attached hydrogen (secondary N) is 3. The number of unbranched alkanes of at least 4 members (excludes halogenated alkanes) is 1. The SMILES string of the molecule is CCCCOc1ccc(NC(=O)N[C@@H](C)C(=O)NCC)c(C)c1. The van der Waals surface area contributed by atoms with Gasteiger partial charge in [-0.2, -0.15) is 0 Å². The first-order valence-corrected chi connectivity index (χ1v) is 8.06. The molecule has 0 heterocycles. The van der Waals surface area contributed by atoms with E-state index < -0.39 is 12.1 Å². The first kappa shape index (κ1) is 18.8. The molecule has 0 aromatic heterocycles. The number of likely N-dealkylation sites (N-methyl/N-ethyl adjacent to an activating group) is 1. The summed E-state index contributed by atoms with van der Waals surface area (Å²) in [6.07, 6.45) is 2.10. The molecule has 0 aliphatic carbocycles. The Kier molecular flexibility index (Phi) is 7.94. The third-order valence-corrected chi connectivity index (χ3v) is 3.30. The molecule has 3 N–H and O–H groups in total. The van der Waals surface area contributed by atoms with Gasteiger partial charge in [-0.15, -0.1) is 0 Å². The number of urea groups is 1. The van der Waals surface area contributed by atoms with Gasteiger partial charge >= 0.3 is 6.03 Å². The van der Waals surface area contributed by atoms with E-state index in [1.54, 1.807) is 13.0 Å². The predicted molar refractivity (Wildman–Crippen MR) is 91.9 cm³/mol. The molecule has 0 saturated carbocycles. The Morgan fingerprint density at radius 3 is 2.61 bits per heavy atom. The van der Waals surface area contributed by atoms with Crippen LogP contribution in [-0.4, -0.2) is 31.1 Å². The third-order valence-electron chi connectivity index (χ3n) is 3.30. The van der Waals surface area contributed by atoms with Crippen LogP contribution in [0.1, 0.15) is 39.2 Å². The van der Waals surface area contributed by atoms with E-state index >= 15 is 0 Å². The van der Waals surface area contributed by atoms with E-state index in [0.29, 0.717) is 18.8 Å². The van der Waals surface area contributed by atoms with Crippen LogP contribution in [0.4, 0.5) is 10.5 Å². The van der Waals surface area contributed by atoms with Crippen molar-refractivity contribution in [2.24, 2.45) is 0 Å². The number of rotatable bonds is 8. The second-order valence-corrected chi connectivity index (χ2v) is 5.39. The van der Waals surface area contributed by atoms with Crippen molar-refractivity contribution in [3.63, 3.8) is 0 Å². The molecule has 1 atom stereocenters. The number of aryl methyl sites for hydroxylation is 1. The summed E-state index contributed by atoms with van der Waals surface area (Å²) < 4.78 is 5.63. The largest absolute Gasteiger partial charge is 0.494 e. The van der Waals surface area contributed by atoms with Crippen LogP contribution in [-0.2, 0) is 4.79 Å². The predicted octanol–water partition coefficient (Wildman–Crippen LogP) is 2.82. The lowest BCUT2D eigenvalue weighted by molar-refractivity contribution is -0.122. The fourth-order valence-electron chi connectivity index (χ4n) is 1.95. The Morgan fingerprint density at radius 1 is 1.26 bits per heavy atom. The lowest BCUT2D eigenvalue weighted by Crippen LogP contribution is -2.46. The normalized spacial score (nSPS) is 11.5. The highest BCUT2D eigenvalue weighted by atomic mass is 16.5. The molecule has 0 bridgehead atoms. The monoisotopic (exact) mass is 321 g/mol. The maximum atomic E-state index is 11.9. The van der Waals surface area contributed by atoms with Crippen LogP contribution in [0.5, 0.6) is 5.75 Å². The van der Waals surface area contributed by atoms with Gasteiger partial charge in [0.1, 0.15) is 11.8 Å². The van der Waals surface area contributed by atoms with Gasteiger partial charge in [-0.3, -0.25) is 4.79 Å². The van der Waals surface area contributed by atoms with Crippen LogP contribution in [0.15, 0.2) is 18.2 Å². The molecule has 128 valence electrons. The fourth-order valence-corrected chi connectivity index (χ4v) is 1.95. The van der Waals surface area contributed by atoms with Gasteiger partial charge in [-0.1, -0.05) is 13.3 Å². The average molecular weight is 321 g/mol. The zero-order valence-corrected chi connectivity index (χ0v) is 14.4. The Balaban J connectivity index is 2.56. The van der Waals surface area contributed by atoms with Gasteiger partial charge in [-0.05, 0) is 51.0 Å². The highest BCUT2D eigenvalue weighted by Crippen LogP contribution is 2.21. The standard InChI is InChI=1S/C17H27N3O3/c1-5-7-10-23-14-8-9-15(12(3)11-14)20-17(22)19-13(4)16(21)18-6-2/h8-9,11,13H,5-7,10H2,1-4H3,(H,18,21)(H2,19,20,22)/t13-/m0/s1. The van der Waals surface area contributed by atoms with Crippen LogP contribution in [0.2, 0.25) is 0 Å². The molecular weight excluding hydrogens is 294 g/mol. The van der Waals surface area contributed by atoms with Crippen molar-refractivity contribution in [3.8, 4) is 5.75 Å². The quantitative estimate of drug-likeness (QED) is 0.644. The molecule has 0 saturated heterocycles. The molecule has 0 unspecified atom stereocenters. The third kappa shape index (κ3) is 6.59. The number of amides is 3. The van der Waals surface area contributed by atoms with Crippen LogP contribution >= 0.6 is 0 Å². The Hall–Kier alpha value is -2.24. The van der Waals surface area contributed by atoms with Crippen molar-refractivity contribution in [2.75, 3.05) is 18.5 Å². The summed E-state index contributed by atoms with van der Waals surface area (Å²) in [5, 5.41) is 8.01. The molecule has 6 nitrogen and oxygen atoms in total. The average Bonchev–Trinajstić information content (AvgIpc) is 2.50. The number of ether oxygens (including phenoxy) is 1. The van der Waals surface area contributed by atoms with E-state index in [4.69, 9.17) is 4.74 Å². The smallest absolute Gasteiger partial charge is 0.319 e. The van der Waals surface area contributed by atoms with Crippen molar-refractivity contribution in [1.82, 2.24) is 10.6 Å². The maximum Gasteiger partial charge on any atom is 0.319 e. The Labute approximate surface area is 138 Å². The zero-order chi connectivity index (χ0) is 17.2. The second-order valence-electron chi connectivity index (χ2n) is 5.39. The summed E-state index contributed by atoms with van der Waals surface area (Å²) in [7, 11) is 0. The summed E-state index contributed by atoms with van der Waals surface area (Å²) in [5.74, 6) is 0.580. The zero-order valence-electron chi connectivity index (χ0n) is 14.4. The summed E-state index contributed by atoms with van der Waals surface area (Å²) in [6.45, 7) is 8.70. The van der Waals surface area contributed by atoms with Crippen molar-refractivity contribution in [1.29, 1.82) is 0 Å². The molecule has 0 fully saturated rings. The highest BCUT2D eigenvalue weighted by Gasteiger charge is 2.15. The lowest BCUT2D eigenvalue weighted by atomic mass is 10.2. The second kappa shape index (κ2) is 9.71. The molecule has 1 rings (SSSR count). The number of hydrogen-bond acceptors (Lipinski definition) is 3. The van der Waals surface area contributed by atoms with Gasteiger partial charge in [0.05, 0.1) is 6.61 Å². The molecule has 1 aromatic rings. The lowest BCUT2D eigenvalue weighted by Gasteiger charge is -2.15. The summed E-state index contributed by atoms with van der Waals surface area (Å²) >= 11 is 0. The van der Waals surface area contributed by atoms with Gasteiger partial charge in [0.2, 0.25) is 5.91 Å². The number of anilines is 1. The van der Waals surface area contributed by atoms with E-state index in [1.165, 1.54) is 0 Å². The van der Waals surface area contributed by atoms with Crippen molar-refractivity contribution < 1.29 is 14.3 Å². The highest BCUT2D eigenvalue weighted by molar-refractivity contribution is 5.94. The molecule has 3 amide bonds. The first-order valence-electron chi connectivity index (χ1n) is 8.06. The van der Waals surface area contributed by atoms with Crippen LogP contribution < -0.4 is 20.7 Å². The number of hydrogen-bond donors (Lipinski definition) is 3. The minimum Gasteiger partial charge on any atom is -0.494 e. The summed E-state index contributed by atoms with van der Waals surface area (Å²) in [5.41, 5.74) is 1.59. The van der Waals surface area contributed by atoms with Gasteiger partial charge < -0.3 is 20.7 Å². The van der Waals surface area contributed by atoms with Gasteiger partial charge in [0.25, 0.3) is 0 Å². The molecule has 0 aliphatic rings. The maximum absolute atomic E-state index is 11.9. The molecule has 0 radical (unpaired) electrons. The van der Waals surface area contributed by atoms with Crippen molar-refractivity contribution >= 4 is 17.6 Å². The van der Waals surface area contributed by atoms with Crippen LogP contribution in [0.25, 0.3) is 0 Å². The Morgan fingerprint density at radius 2 is 2.00 bits per heavy atom. The summed E-state index contributed by atoms with van der Waals surface area (Å²) in [6, 6.07) is 4.51. The number of carbonyl (C=O) groups is 2. The topological polar surface area (TPSA) is 79.5 Å². The molecular formula is C17H27N3O3. The molecule has 0 aliphatic heterocycles. The Bertz CT molecular complexity index is 532. The van der Waals surface area contributed by atoms with Gasteiger partial charge in [-0.25, -0.2) is 4.79 Å². The van der Waals surface area contributed by atoms with E-state index in [9.17, 15) is 9.59 Å². The minimum absolute atomic E-state index is 0.209. The van der Waals surface area contributed by atoms with E-state index in [-0.39, 0.29) is 5.91 Å². The molecule has 0 spiro atoms. The van der Waals surface area contributed by atoms with E-state index in [0.717, 1.165) is 24.2 Å². The van der Waals surface area contributed by atoms with Crippen LogP contribution in [0, 0.1) is 6.92 Å². The van der Waals surface area contributed by atoms with Crippen LogP contribution in [0.3, 0.4) is 0 Å². The molecule has 6 heteroatoms. The number of benzene rings is 1. The molecule has 23 heavy (non-hydrogen) atoms. The fraction of sp³-hybridized carbons (Fsp3) is 0.529. The van der Waals surface area contributed by atoms with Crippen molar-refractivity contribution in [2.45, 2.75) is 46.6 Å². The molecule has 1 aromatic carbocycles. The van der Waals surface area contributed by atoms with Crippen molar-refractivity contribution in [3.05, 3.63) is 23.8 Å². The van der Waals surface area contributed by atoms with E-state index in [1.807, 2.05) is 26.0 Å². The van der Waals surface area contributed by atoms with Gasteiger partial charge in [0.15, 0.2) is 0 Å². The van der Waals surface area contributed by atoms with Gasteiger partial charge in [0, 0.05) is 12.2 Å². The van der Waals surface area contributed by atoms with E-state index in [2.05, 4.69) is 22.9 Å². The summed E-state index contributed by atoms with van der Waals surface area (Å²) in [4.78, 5) is 23.5.